The van der Waals surface area contributed by atoms with E-state index in [9.17, 15) is 9.90 Å². The van der Waals surface area contributed by atoms with Gasteiger partial charge in [0, 0.05) is 6.42 Å². The first-order chi connectivity index (χ1) is 6.20. The van der Waals surface area contributed by atoms with E-state index in [-0.39, 0.29) is 23.0 Å². The average Bonchev–Trinajstić information content (AvgIpc) is 2.12. The van der Waals surface area contributed by atoms with Crippen LogP contribution in [0.5, 0.6) is 11.5 Å². The molecule has 0 unspecified atom stereocenters. The van der Waals surface area contributed by atoms with Crippen molar-refractivity contribution >= 4 is 11.5 Å². The highest BCUT2D eigenvalue weighted by Crippen LogP contribution is 2.38. The van der Waals surface area contributed by atoms with E-state index in [2.05, 4.69) is 0 Å². The number of ether oxygens (including phenoxy) is 1. The van der Waals surface area contributed by atoms with Crippen LogP contribution in [-0.2, 0) is 0 Å². The molecule has 0 atom stereocenters. The lowest BCUT2D eigenvalue weighted by Gasteiger charge is -2.17. The Morgan fingerprint density at radius 1 is 1.46 bits per heavy atom. The van der Waals surface area contributed by atoms with Crippen LogP contribution in [0.2, 0.25) is 0 Å². The number of rotatable bonds is 0. The van der Waals surface area contributed by atoms with E-state index in [1.165, 1.54) is 6.07 Å². The van der Waals surface area contributed by atoms with Crippen LogP contribution in [0, 0.1) is 0 Å². The van der Waals surface area contributed by atoms with Gasteiger partial charge in [0.25, 0.3) is 0 Å². The molecule has 0 saturated carbocycles. The number of hydrogen-bond acceptors (Lipinski definition) is 4. The summed E-state index contributed by atoms with van der Waals surface area (Å²) in [7, 11) is 0. The summed E-state index contributed by atoms with van der Waals surface area (Å²) in [6.07, 6.45) is 0.357. The van der Waals surface area contributed by atoms with E-state index < -0.39 is 0 Å². The summed E-state index contributed by atoms with van der Waals surface area (Å²) in [4.78, 5) is 11.3. The Morgan fingerprint density at radius 3 is 3.00 bits per heavy atom. The Morgan fingerprint density at radius 2 is 2.23 bits per heavy atom. The zero-order valence-corrected chi connectivity index (χ0v) is 6.91. The van der Waals surface area contributed by atoms with Crippen LogP contribution in [0.15, 0.2) is 12.1 Å². The molecule has 1 aliphatic heterocycles. The molecule has 3 N–H and O–H groups in total. The van der Waals surface area contributed by atoms with Gasteiger partial charge in [0.1, 0.15) is 0 Å². The Labute approximate surface area is 74.9 Å². The fourth-order valence-electron chi connectivity index (χ4n) is 1.33. The summed E-state index contributed by atoms with van der Waals surface area (Å²) in [6, 6.07) is 3.08. The molecule has 1 aromatic carbocycles. The number of Topliss-reactive ketones (excluding diaryl/α,β-unsaturated/α-hetero) is 1. The fourth-order valence-corrected chi connectivity index (χ4v) is 1.33. The third-order valence-corrected chi connectivity index (χ3v) is 2.04. The molecule has 2 rings (SSSR count). The number of hydrogen-bond donors (Lipinski definition) is 2. The molecule has 0 bridgehead atoms. The van der Waals surface area contributed by atoms with E-state index in [1.54, 1.807) is 6.07 Å². The topological polar surface area (TPSA) is 72.6 Å². The lowest BCUT2D eigenvalue weighted by atomic mass is 10.0. The first-order valence-electron chi connectivity index (χ1n) is 3.97. The summed E-state index contributed by atoms with van der Waals surface area (Å²) in [5.41, 5.74) is 6.09. The molecule has 1 heterocycles. The van der Waals surface area contributed by atoms with Crippen LogP contribution < -0.4 is 10.5 Å². The number of nitrogens with two attached hydrogens (primary N) is 1. The van der Waals surface area contributed by atoms with Crippen molar-refractivity contribution in [2.75, 3.05) is 12.3 Å². The van der Waals surface area contributed by atoms with Crippen molar-refractivity contribution in [2.24, 2.45) is 0 Å². The molecular formula is C9H9NO3. The molecule has 0 radical (unpaired) electrons. The highest BCUT2D eigenvalue weighted by Gasteiger charge is 2.22. The van der Waals surface area contributed by atoms with Gasteiger partial charge >= 0.3 is 0 Å². The van der Waals surface area contributed by atoms with Gasteiger partial charge in [0.2, 0.25) is 0 Å². The van der Waals surface area contributed by atoms with E-state index >= 15 is 0 Å². The van der Waals surface area contributed by atoms with Crippen molar-refractivity contribution in [1.82, 2.24) is 0 Å². The van der Waals surface area contributed by atoms with Gasteiger partial charge in [0.05, 0.1) is 17.9 Å². The van der Waals surface area contributed by atoms with Crippen LogP contribution >= 0.6 is 0 Å². The number of carbonyl (C=O) groups excluding carboxylic acids is 1. The largest absolute Gasteiger partial charge is 0.503 e. The van der Waals surface area contributed by atoms with Gasteiger partial charge in [-0.15, -0.1) is 0 Å². The van der Waals surface area contributed by atoms with E-state index in [4.69, 9.17) is 10.5 Å². The molecule has 0 saturated heterocycles. The monoisotopic (exact) mass is 179 g/mol. The Balaban J connectivity index is 2.63. The number of phenols is 1. The number of aromatic hydroxyl groups is 1. The lowest BCUT2D eigenvalue weighted by molar-refractivity contribution is 0.0930. The predicted molar refractivity (Wildman–Crippen MR) is 47.0 cm³/mol. The highest BCUT2D eigenvalue weighted by atomic mass is 16.5. The average molecular weight is 179 g/mol. The molecule has 1 aromatic rings. The zero-order chi connectivity index (χ0) is 9.42. The number of nitrogen functional groups attached to an aromatic ring is 1. The smallest absolute Gasteiger partial charge is 0.181 e. The second-order valence-electron chi connectivity index (χ2n) is 2.90. The van der Waals surface area contributed by atoms with E-state index in [1.807, 2.05) is 0 Å². The molecule has 1 aliphatic rings. The number of ketones is 1. The van der Waals surface area contributed by atoms with E-state index in [0.717, 1.165) is 0 Å². The molecule has 0 amide bonds. The maximum atomic E-state index is 11.3. The van der Waals surface area contributed by atoms with Crippen molar-refractivity contribution in [2.45, 2.75) is 6.42 Å². The minimum atomic E-state index is -0.134. The SMILES string of the molecule is Nc1ccc2c(c1O)OCCC2=O. The van der Waals surface area contributed by atoms with Gasteiger partial charge in [-0.05, 0) is 12.1 Å². The molecule has 0 aliphatic carbocycles. The first kappa shape index (κ1) is 7.91. The normalized spacial score (nSPS) is 14.9. The summed E-state index contributed by atoms with van der Waals surface area (Å²) >= 11 is 0. The Hall–Kier alpha value is -1.71. The number of anilines is 1. The predicted octanol–water partition coefficient (Wildman–Crippen LogP) is 0.940. The number of fused-ring (bicyclic) bond motifs is 1. The minimum Gasteiger partial charge on any atom is -0.503 e. The van der Waals surface area contributed by atoms with Crippen molar-refractivity contribution in [1.29, 1.82) is 0 Å². The number of phenolic OH excluding ortho intramolecular Hbond substituents is 1. The maximum absolute atomic E-state index is 11.3. The van der Waals surface area contributed by atoms with Crippen LogP contribution in [0.1, 0.15) is 16.8 Å². The van der Waals surface area contributed by atoms with Crippen molar-refractivity contribution in [3.63, 3.8) is 0 Å². The van der Waals surface area contributed by atoms with Crippen LogP contribution in [0.4, 0.5) is 5.69 Å². The highest BCUT2D eigenvalue weighted by molar-refractivity contribution is 6.01. The number of carbonyl (C=O) groups is 1. The van der Waals surface area contributed by atoms with Gasteiger partial charge in [-0.1, -0.05) is 0 Å². The number of benzene rings is 1. The van der Waals surface area contributed by atoms with Gasteiger partial charge in [-0.2, -0.15) is 0 Å². The lowest BCUT2D eigenvalue weighted by Crippen LogP contribution is -2.15. The molecule has 4 heteroatoms. The molecule has 4 nitrogen and oxygen atoms in total. The maximum Gasteiger partial charge on any atom is 0.181 e. The standard InChI is InChI=1S/C9H9NO3/c10-6-2-1-5-7(11)3-4-13-9(5)8(6)12/h1-2,12H,3-4,10H2. The van der Waals surface area contributed by atoms with Gasteiger partial charge in [0.15, 0.2) is 17.3 Å². The van der Waals surface area contributed by atoms with Crippen LogP contribution in [0.3, 0.4) is 0 Å². The molecule has 13 heavy (non-hydrogen) atoms. The molecule has 0 aromatic heterocycles. The summed E-state index contributed by atoms with van der Waals surface area (Å²) in [5.74, 6) is 0.0679. The molecular weight excluding hydrogens is 170 g/mol. The van der Waals surface area contributed by atoms with Gasteiger partial charge < -0.3 is 15.6 Å². The third-order valence-electron chi connectivity index (χ3n) is 2.04. The van der Waals surface area contributed by atoms with Crippen LogP contribution in [0.25, 0.3) is 0 Å². The van der Waals surface area contributed by atoms with Gasteiger partial charge in [-0.3, -0.25) is 4.79 Å². The molecule has 0 fully saturated rings. The minimum absolute atomic E-state index is 0.0171. The Kier molecular flexibility index (Phi) is 1.62. The van der Waals surface area contributed by atoms with Crippen molar-refractivity contribution in [3.05, 3.63) is 17.7 Å². The second-order valence-corrected chi connectivity index (χ2v) is 2.90. The van der Waals surface area contributed by atoms with Crippen molar-refractivity contribution < 1.29 is 14.6 Å². The van der Waals surface area contributed by atoms with Crippen LogP contribution in [-0.4, -0.2) is 17.5 Å². The summed E-state index contributed by atoms with van der Waals surface area (Å²) < 4.78 is 5.15. The summed E-state index contributed by atoms with van der Waals surface area (Å²) in [5, 5.41) is 9.46. The third kappa shape index (κ3) is 1.11. The van der Waals surface area contributed by atoms with Crippen molar-refractivity contribution in [3.8, 4) is 11.5 Å². The Bertz CT molecular complexity index is 373. The molecule has 0 spiro atoms. The fraction of sp³-hybridized carbons (Fsp3) is 0.222. The zero-order valence-electron chi connectivity index (χ0n) is 6.91. The van der Waals surface area contributed by atoms with Gasteiger partial charge in [-0.25, -0.2) is 0 Å². The first-order valence-corrected chi connectivity index (χ1v) is 3.97. The second kappa shape index (κ2) is 2.65. The molecule has 68 valence electrons. The summed E-state index contributed by atoms with van der Waals surface area (Å²) in [6.45, 7) is 0.308. The quantitative estimate of drug-likeness (QED) is 0.459. The van der Waals surface area contributed by atoms with E-state index in [0.29, 0.717) is 18.6 Å².